The normalized spacial score (nSPS) is 13.3. The molecular weight excluding hydrogens is 362 g/mol. The minimum absolute atomic E-state index is 0.0271. The first-order valence-corrected chi connectivity index (χ1v) is 8.59. The van der Waals surface area contributed by atoms with E-state index in [0.29, 0.717) is 16.0 Å². The number of hydrogen-bond acceptors (Lipinski definition) is 5. The van der Waals surface area contributed by atoms with E-state index in [9.17, 15) is 13.5 Å². The van der Waals surface area contributed by atoms with Crippen LogP contribution in [0.25, 0.3) is 0 Å². The van der Waals surface area contributed by atoms with Gasteiger partial charge in [0, 0.05) is 16.6 Å². The van der Waals surface area contributed by atoms with Crippen molar-refractivity contribution < 1.29 is 23.0 Å². The predicted octanol–water partition coefficient (Wildman–Crippen LogP) is 1.76. The summed E-state index contributed by atoms with van der Waals surface area (Å²) in [6.45, 7) is 3.38. The Balaban J connectivity index is 3.25. The predicted molar refractivity (Wildman–Crippen MR) is 83.3 cm³/mol. The van der Waals surface area contributed by atoms with Crippen LogP contribution in [0.4, 0.5) is 0 Å². The molecule has 0 amide bonds. The summed E-state index contributed by atoms with van der Waals surface area (Å²) in [6, 6.07) is 2.34. The van der Waals surface area contributed by atoms with E-state index < -0.39 is 16.1 Å². The summed E-state index contributed by atoms with van der Waals surface area (Å²) >= 11 is 3.22. The summed E-state index contributed by atoms with van der Waals surface area (Å²) in [5.41, 5.74) is 0. The van der Waals surface area contributed by atoms with Crippen LogP contribution in [-0.2, 0) is 10.0 Å². The van der Waals surface area contributed by atoms with Crippen LogP contribution in [0.2, 0.25) is 0 Å². The fraction of sp³-hybridized carbons (Fsp3) is 0.538. The van der Waals surface area contributed by atoms with Gasteiger partial charge in [-0.2, -0.15) is 0 Å². The van der Waals surface area contributed by atoms with E-state index in [4.69, 9.17) is 9.47 Å². The van der Waals surface area contributed by atoms with E-state index >= 15 is 0 Å². The maximum atomic E-state index is 12.4. The summed E-state index contributed by atoms with van der Waals surface area (Å²) in [5, 5.41) is 9.28. The van der Waals surface area contributed by atoms with Crippen LogP contribution >= 0.6 is 15.9 Å². The van der Waals surface area contributed by atoms with Crippen LogP contribution in [0.5, 0.6) is 11.5 Å². The smallest absolute Gasteiger partial charge is 0.242 e. The summed E-state index contributed by atoms with van der Waals surface area (Å²) in [4.78, 5) is 0.0271. The van der Waals surface area contributed by atoms with Gasteiger partial charge < -0.3 is 14.6 Å². The molecule has 0 unspecified atom stereocenters. The first-order chi connectivity index (χ1) is 9.76. The SMILES string of the molecule is COc1cc(Br)c(S(=O)(=O)N[C@H](CO)C(C)C)cc1OC. The van der Waals surface area contributed by atoms with Crippen molar-refractivity contribution in [2.75, 3.05) is 20.8 Å². The molecular formula is C13H20BrNO5S. The van der Waals surface area contributed by atoms with Gasteiger partial charge in [-0.3, -0.25) is 0 Å². The molecule has 0 radical (unpaired) electrons. The Morgan fingerprint density at radius 2 is 1.76 bits per heavy atom. The van der Waals surface area contributed by atoms with Crippen LogP contribution in [-0.4, -0.2) is 40.4 Å². The Hall–Kier alpha value is -0.830. The highest BCUT2D eigenvalue weighted by Crippen LogP contribution is 2.35. The van der Waals surface area contributed by atoms with E-state index in [0.717, 1.165) is 0 Å². The highest BCUT2D eigenvalue weighted by atomic mass is 79.9. The Kier molecular flexibility index (Phi) is 6.45. The zero-order valence-electron chi connectivity index (χ0n) is 12.4. The van der Waals surface area contributed by atoms with Crippen molar-refractivity contribution in [3.63, 3.8) is 0 Å². The molecule has 8 heteroatoms. The minimum Gasteiger partial charge on any atom is -0.493 e. The second-order valence-electron chi connectivity index (χ2n) is 4.79. The van der Waals surface area contributed by atoms with Crippen molar-refractivity contribution in [1.82, 2.24) is 4.72 Å². The van der Waals surface area contributed by atoms with E-state index in [2.05, 4.69) is 20.7 Å². The molecule has 0 aromatic heterocycles. The average Bonchev–Trinajstić information content (AvgIpc) is 2.43. The van der Waals surface area contributed by atoms with Gasteiger partial charge in [0.05, 0.1) is 20.8 Å². The lowest BCUT2D eigenvalue weighted by Gasteiger charge is -2.20. The highest BCUT2D eigenvalue weighted by Gasteiger charge is 2.25. The van der Waals surface area contributed by atoms with Crippen LogP contribution in [0.15, 0.2) is 21.5 Å². The van der Waals surface area contributed by atoms with Crippen molar-refractivity contribution >= 4 is 26.0 Å². The molecule has 1 atom stereocenters. The standard InChI is InChI=1S/C13H20BrNO5S/c1-8(2)10(7-16)15-21(17,18)13-6-12(20-4)11(19-3)5-9(13)14/h5-6,8,10,15-16H,7H2,1-4H3/t10-/m1/s1. The highest BCUT2D eigenvalue weighted by molar-refractivity contribution is 9.10. The lowest BCUT2D eigenvalue weighted by atomic mass is 10.1. The summed E-state index contributed by atoms with van der Waals surface area (Å²) in [7, 11) is -0.897. The molecule has 0 aliphatic carbocycles. The molecule has 1 rings (SSSR count). The van der Waals surface area contributed by atoms with E-state index in [-0.39, 0.29) is 17.4 Å². The molecule has 0 aliphatic heterocycles. The van der Waals surface area contributed by atoms with Gasteiger partial charge in [0.25, 0.3) is 0 Å². The molecule has 120 valence electrons. The average molecular weight is 382 g/mol. The van der Waals surface area contributed by atoms with Crippen LogP contribution in [0.1, 0.15) is 13.8 Å². The zero-order valence-corrected chi connectivity index (χ0v) is 14.8. The monoisotopic (exact) mass is 381 g/mol. The maximum Gasteiger partial charge on any atom is 0.242 e. The quantitative estimate of drug-likeness (QED) is 0.751. The van der Waals surface area contributed by atoms with Crippen molar-refractivity contribution in [3.8, 4) is 11.5 Å². The molecule has 0 saturated heterocycles. The number of halogens is 1. The number of ether oxygens (including phenoxy) is 2. The molecule has 0 aliphatic rings. The third-order valence-corrected chi connectivity index (χ3v) is 5.48. The van der Waals surface area contributed by atoms with Crippen molar-refractivity contribution in [2.45, 2.75) is 24.8 Å². The van der Waals surface area contributed by atoms with Crippen LogP contribution in [0, 0.1) is 5.92 Å². The lowest BCUT2D eigenvalue weighted by molar-refractivity contribution is 0.227. The van der Waals surface area contributed by atoms with Crippen molar-refractivity contribution in [3.05, 3.63) is 16.6 Å². The number of nitrogens with one attached hydrogen (secondary N) is 1. The molecule has 6 nitrogen and oxygen atoms in total. The lowest BCUT2D eigenvalue weighted by Crippen LogP contribution is -2.41. The zero-order chi connectivity index (χ0) is 16.2. The maximum absolute atomic E-state index is 12.4. The summed E-state index contributed by atoms with van der Waals surface area (Å²) < 4.78 is 38.0. The molecule has 1 aromatic carbocycles. The van der Waals surface area contributed by atoms with Gasteiger partial charge in [-0.1, -0.05) is 13.8 Å². The van der Waals surface area contributed by atoms with Crippen molar-refractivity contribution in [1.29, 1.82) is 0 Å². The second kappa shape index (κ2) is 7.44. The topological polar surface area (TPSA) is 84.9 Å². The summed E-state index contributed by atoms with van der Waals surface area (Å²) in [6.07, 6.45) is 0. The first-order valence-electron chi connectivity index (χ1n) is 6.31. The molecule has 0 heterocycles. The third kappa shape index (κ3) is 4.32. The van der Waals surface area contributed by atoms with Gasteiger partial charge in [-0.25, -0.2) is 13.1 Å². The van der Waals surface area contributed by atoms with E-state index in [1.807, 2.05) is 13.8 Å². The fourth-order valence-electron chi connectivity index (χ4n) is 1.69. The van der Waals surface area contributed by atoms with Gasteiger partial charge in [0.2, 0.25) is 10.0 Å². The third-order valence-electron chi connectivity index (χ3n) is 3.04. The Bertz CT molecular complexity index is 588. The van der Waals surface area contributed by atoms with Crippen LogP contribution in [0.3, 0.4) is 0 Å². The second-order valence-corrected chi connectivity index (χ2v) is 7.33. The number of aliphatic hydroxyl groups excluding tert-OH is 1. The Morgan fingerprint density at radius 1 is 1.24 bits per heavy atom. The van der Waals surface area contributed by atoms with Crippen LogP contribution < -0.4 is 14.2 Å². The number of sulfonamides is 1. The Labute approximate surface area is 133 Å². The molecule has 0 bridgehead atoms. The van der Waals surface area contributed by atoms with Gasteiger partial charge in [0.1, 0.15) is 4.90 Å². The number of hydrogen-bond donors (Lipinski definition) is 2. The van der Waals surface area contributed by atoms with Crippen molar-refractivity contribution in [2.24, 2.45) is 5.92 Å². The Morgan fingerprint density at radius 3 is 2.19 bits per heavy atom. The molecule has 21 heavy (non-hydrogen) atoms. The number of aliphatic hydroxyl groups is 1. The number of benzene rings is 1. The molecule has 0 saturated carbocycles. The summed E-state index contributed by atoms with van der Waals surface area (Å²) in [5.74, 6) is 0.695. The van der Waals surface area contributed by atoms with Gasteiger partial charge >= 0.3 is 0 Å². The first kappa shape index (κ1) is 18.2. The number of methoxy groups -OCH3 is 2. The fourth-order valence-corrected chi connectivity index (χ4v) is 4.10. The van der Waals surface area contributed by atoms with Gasteiger partial charge in [0.15, 0.2) is 11.5 Å². The largest absolute Gasteiger partial charge is 0.493 e. The van der Waals surface area contributed by atoms with E-state index in [1.54, 1.807) is 0 Å². The molecule has 0 fully saturated rings. The number of rotatable bonds is 7. The van der Waals surface area contributed by atoms with Gasteiger partial charge in [-0.15, -0.1) is 0 Å². The molecule has 2 N–H and O–H groups in total. The van der Waals surface area contributed by atoms with Gasteiger partial charge in [-0.05, 0) is 27.9 Å². The minimum atomic E-state index is -3.80. The molecule has 0 spiro atoms. The molecule has 1 aromatic rings. The van der Waals surface area contributed by atoms with E-state index in [1.165, 1.54) is 26.4 Å².